The summed E-state index contributed by atoms with van der Waals surface area (Å²) in [5.41, 5.74) is 0.760. The summed E-state index contributed by atoms with van der Waals surface area (Å²) in [7, 11) is 0. The fraction of sp³-hybridized carbons (Fsp3) is 0.267. The van der Waals surface area contributed by atoms with E-state index in [1.54, 1.807) is 6.08 Å². The summed E-state index contributed by atoms with van der Waals surface area (Å²) in [6.45, 7) is 0. The Morgan fingerprint density at radius 2 is 2.32 bits per heavy atom. The summed E-state index contributed by atoms with van der Waals surface area (Å²) >= 11 is 3.45. The smallest absolute Gasteiger partial charge is 0.328 e. The van der Waals surface area contributed by atoms with E-state index >= 15 is 0 Å². The maximum Gasteiger partial charge on any atom is 0.328 e. The molecule has 1 aliphatic rings. The summed E-state index contributed by atoms with van der Waals surface area (Å²) in [6.07, 6.45) is 10.1. The predicted molar refractivity (Wildman–Crippen MR) is 78.2 cm³/mol. The third-order valence-corrected chi connectivity index (χ3v) is 3.51. The second kappa shape index (κ2) is 6.57. The molecule has 0 spiro atoms. The molecule has 1 atom stereocenters. The Balaban J connectivity index is 2.24. The van der Waals surface area contributed by atoms with Crippen LogP contribution >= 0.6 is 15.9 Å². The summed E-state index contributed by atoms with van der Waals surface area (Å²) in [5.74, 6) is -0.278. The van der Waals surface area contributed by atoms with E-state index in [2.05, 4.69) is 28.1 Å². The summed E-state index contributed by atoms with van der Waals surface area (Å²) in [6, 6.07) is 5.58. The van der Waals surface area contributed by atoms with Crippen molar-refractivity contribution < 1.29 is 14.6 Å². The highest BCUT2D eigenvalue weighted by atomic mass is 79.9. The van der Waals surface area contributed by atoms with E-state index in [9.17, 15) is 4.79 Å². The third-order valence-electron chi connectivity index (χ3n) is 2.88. The topological polar surface area (TPSA) is 46.5 Å². The van der Waals surface area contributed by atoms with Crippen molar-refractivity contribution in [2.45, 2.75) is 25.4 Å². The molecule has 4 heteroatoms. The molecule has 3 nitrogen and oxygen atoms in total. The van der Waals surface area contributed by atoms with Crippen LogP contribution in [0, 0.1) is 0 Å². The van der Waals surface area contributed by atoms with Crippen molar-refractivity contribution in [2.24, 2.45) is 0 Å². The molecular formula is C15H15BrO3. The van der Waals surface area contributed by atoms with Crippen LogP contribution in [0.25, 0.3) is 6.08 Å². The SMILES string of the molecule is O=C(O)/C=C/c1cccc(Br)c1OC1C=CCCC1. The van der Waals surface area contributed by atoms with Crippen molar-refractivity contribution in [1.82, 2.24) is 0 Å². The van der Waals surface area contributed by atoms with Crippen molar-refractivity contribution in [2.75, 3.05) is 0 Å². The van der Waals surface area contributed by atoms with Crippen molar-refractivity contribution in [3.63, 3.8) is 0 Å². The van der Waals surface area contributed by atoms with Crippen LogP contribution in [0.3, 0.4) is 0 Å². The molecule has 0 bridgehead atoms. The van der Waals surface area contributed by atoms with E-state index in [1.165, 1.54) is 0 Å². The van der Waals surface area contributed by atoms with Crippen LogP contribution < -0.4 is 4.74 Å². The molecule has 0 saturated heterocycles. The average Bonchev–Trinajstić information content (AvgIpc) is 2.40. The van der Waals surface area contributed by atoms with Crippen molar-refractivity contribution in [3.05, 3.63) is 46.5 Å². The fourth-order valence-corrected chi connectivity index (χ4v) is 2.45. The minimum atomic E-state index is -0.969. The Hall–Kier alpha value is -1.55. The van der Waals surface area contributed by atoms with Gasteiger partial charge in [-0.1, -0.05) is 18.2 Å². The highest BCUT2D eigenvalue weighted by Gasteiger charge is 2.14. The lowest BCUT2D eigenvalue weighted by atomic mass is 10.1. The van der Waals surface area contributed by atoms with Gasteiger partial charge in [0.2, 0.25) is 0 Å². The van der Waals surface area contributed by atoms with Crippen LogP contribution in [-0.2, 0) is 4.79 Å². The number of aliphatic carboxylic acids is 1. The number of hydrogen-bond donors (Lipinski definition) is 1. The first-order valence-electron chi connectivity index (χ1n) is 6.19. The van der Waals surface area contributed by atoms with Gasteiger partial charge in [-0.25, -0.2) is 4.79 Å². The molecular weight excluding hydrogens is 308 g/mol. The van der Waals surface area contributed by atoms with E-state index < -0.39 is 5.97 Å². The molecule has 1 aromatic rings. The molecule has 1 aromatic carbocycles. The van der Waals surface area contributed by atoms with E-state index in [0.29, 0.717) is 5.75 Å². The van der Waals surface area contributed by atoms with Gasteiger partial charge in [0.05, 0.1) is 4.47 Å². The van der Waals surface area contributed by atoms with E-state index in [1.807, 2.05) is 18.2 Å². The molecule has 100 valence electrons. The maximum absolute atomic E-state index is 10.6. The predicted octanol–water partition coefficient (Wildman–Crippen LogP) is 4.03. The zero-order valence-electron chi connectivity index (χ0n) is 10.4. The minimum Gasteiger partial charge on any atom is -0.485 e. The number of halogens is 1. The molecule has 0 saturated carbocycles. The highest BCUT2D eigenvalue weighted by Crippen LogP contribution is 2.32. The van der Waals surface area contributed by atoms with Crippen molar-refractivity contribution >= 4 is 28.0 Å². The maximum atomic E-state index is 10.6. The quantitative estimate of drug-likeness (QED) is 0.672. The standard InChI is InChI=1S/C15H15BrO3/c16-13-8-4-5-11(9-10-14(17)18)15(13)19-12-6-2-1-3-7-12/h2,4-6,8-10,12H,1,3,7H2,(H,17,18)/b10-9+. The minimum absolute atomic E-state index is 0.0597. The van der Waals surface area contributed by atoms with Gasteiger partial charge in [-0.15, -0.1) is 0 Å². The Bertz CT molecular complexity index is 520. The molecule has 19 heavy (non-hydrogen) atoms. The average molecular weight is 323 g/mol. The zero-order valence-corrected chi connectivity index (χ0v) is 12.0. The summed E-state index contributed by atoms with van der Waals surface area (Å²) < 4.78 is 6.80. The number of benzene rings is 1. The van der Waals surface area contributed by atoms with Crippen LogP contribution in [0.15, 0.2) is 40.9 Å². The van der Waals surface area contributed by atoms with Gasteiger partial charge < -0.3 is 9.84 Å². The number of carboxylic acid groups (broad SMARTS) is 1. The lowest BCUT2D eigenvalue weighted by molar-refractivity contribution is -0.131. The summed E-state index contributed by atoms with van der Waals surface area (Å²) in [4.78, 5) is 10.6. The van der Waals surface area contributed by atoms with Crippen LogP contribution in [0.4, 0.5) is 0 Å². The van der Waals surface area contributed by atoms with Crippen LogP contribution in [0.5, 0.6) is 5.75 Å². The van der Waals surface area contributed by atoms with Crippen molar-refractivity contribution in [1.29, 1.82) is 0 Å². The molecule has 0 aliphatic heterocycles. The van der Waals surface area contributed by atoms with Crippen LogP contribution in [0.1, 0.15) is 24.8 Å². The zero-order chi connectivity index (χ0) is 13.7. The molecule has 1 aliphatic carbocycles. The van der Waals surface area contributed by atoms with Gasteiger partial charge >= 0.3 is 5.97 Å². The Morgan fingerprint density at radius 1 is 1.47 bits per heavy atom. The summed E-state index contributed by atoms with van der Waals surface area (Å²) in [5, 5.41) is 8.71. The Labute approximate surface area is 120 Å². The van der Waals surface area contributed by atoms with Gasteiger partial charge in [0, 0.05) is 11.6 Å². The normalized spacial score (nSPS) is 18.7. The molecule has 0 amide bonds. The number of rotatable bonds is 4. The second-order valence-corrected chi connectivity index (χ2v) is 5.20. The first-order chi connectivity index (χ1) is 9.16. The first kappa shape index (κ1) is 13.9. The molecule has 0 radical (unpaired) electrons. The number of carboxylic acids is 1. The lowest BCUT2D eigenvalue weighted by Gasteiger charge is -2.20. The second-order valence-electron chi connectivity index (χ2n) is 4.35. The lowest BCUT2D eigenvalue weighted by Crippen LogP contribution is -2.16. The van der Waals surface area contributed by atoms with E-state index in [0.717, 1.165) is 35.4 Å². The van der Waals surface area contributed by atoms with Gasteiger partial charge in [-0.05, 0) is 53.4 Å². The Morgan fingerprint density at radius 3 is 3.00 bits per heavy atom. The molecule has 0 fully saturated rings. The van der Waals surface area contributed by atoms with Gasteiger partial charge in [0.15, 0.2) is 0 Å². The monoisotopic (exact) mass is 322 g/mol. The third kappa shape index (κ3) is 3.96. The number of allylic oxidation sites excluding steroid dienone is 1. The number of hydrogen-bond acceptors (Lipinski definition) is 2. The Kier molecular flexibility index (Phi) is 4.80. The molecule has 0 aromatic heterocycles. The molecule has 1 unspecified atom stereocenters. The van der Waals surface area contributed by atoms with E-state index in [-0.39, 0.29) is 6.10 Å². The van der Waals surface area contributed by atoms with Crippen LogP contribution in [0.2, 0.25) is 0 Å². The first-order valence-corrected chi connectivity index (χ1v) is 6.99. The van der Waals surface area contributed by atoms with Gasteiger partial charge in [-0.3, -0.25) is 0 Å². The molecule has 1 N–H and O–H groups in total. The largest absolute Gasteiger partial charge is 0.485 e. The number of para-hydroxylation sites is 1. The van der Waals surface area contributed by atoms with Gasteiger partial charge in [0.25, 0.3) is 0 Å². The van der Waals surface area contributed by atoms with Crippen molar-refractivity contribution in [3.8, 4) is 5.75 Å². The van der Waals surface area contributed by atoms with E-state index in [4.69, 9.17) is 9.84 Å². The molecule has 0 heterocycles. The highest BCUT2D eigenvalue weighted by molar-refractivity contribution is 9.10. The fourth-order valence-electron chi connectivity index (χ4n) is 1.97. The number of carbonyl (C=O) groups is 1. The van der Waals surface area contributed by atoms with Gasteiger partial charge in [0.1, 0.15) is 11.9 Å². The van der Waals surface area contributed by atoms with Gasteiger partial charge in [-0.2, -0.15) is 0 Å². The molecule has 2 rings (SSSR count). The number of ether oxygens (including phenoxy) is 1. The van der Waals surface area contributed by atoms with Crippen LogP contribution in [-0.4, -0.2) is 17.2 Å².